The average Bonchev–Trinajstić information content (AvgIpc) is 3.45. The van der Waals surface area contributed by atoms with Crippen molar-refractivity contribution in [2.24, 2.45) is 16.3 Å². The molecule has 0 spiro atoms. The van der Waals surface area contributed by atoms with Crippen LogP contribution >= 0.6 is 56.5 Å². The third-order valence-corrected chi connectivity index (χ3v) is 9.11. The van der Waals surface area contributed by atoms with Crippen molar-refractivity contribution in [2.75, 3.05) is 6.61 Å². The fraction of sp³-hybridized carbons (Fsp3) is 0.407. The number of benzene rings is 1. The van der Waals surface area contributed by atoms with Crippen molar-refractivity contribution in [3.05, 3.63) is 65.0 Å². The smallest absolute Gasteiger partial charge is 0.255 e. The number of hydrogen-bond donors (Lipinski definition) is 1. The lowest BCUT2D eigenvalue weighted by atomic mass is 9.72. The molecule has 1 N–H and O–H groups in total. The van der Waals surface area contributed by atoms with E-state index in [1.54, 1.807) is 17.6 Å². The average molecular weight is 716 g/mol. The van der Waals surface area contributed by atoms with Crippen LogP contribution in [0.1, 0.15) is 66.2 Å². The predicted octanol–water partition coefficient (Wildman–Crippen LogP) is 7.78. The minimum absolute atomic E-state index is 0.0869. The Balaban J connectivity index is 1.66. The van der Waals surface area contributed by atoms with Crippen LogP contribution in [0.15, 0.2) is 39.9 Å². The largest absolute Gasteiger partial charge is 0.492 e. The molecular weight excluding hydrogens is 686 g/mol. The first-order chi connectivity index (χ1) is 16.7. The molecule has 0 fully saturated rings. The lowest BCUT2D eigenvalue weighted by molar-refractivity contribution is 0.0947. The molecule has 2 heterocycles. The van der Waals surface area contributed by atoms with Gasteiger partial charge in [-0.15, -0.1) is 11.3 Å². The second-order valence-electron chi connectivity index (χ2n) is 9.76. The van der Waals surface area contributed by atoms with Gasteiger partial charge in [0.15, 0.2) is 0 Å². The van der Waals surface area contributed by atoms with Gasteiger partial charge in [0.05, 0.1) is 32.1 Å². The number of ether oxygens (including phenoxy) is 1. The van der Waals surface area contributed by atoms with Crippen molar-refractivity contribution in [1.29, 1.82) is 0 Å². The van der Waals surface area contributed by atoms with Crippen LogP contribution in [0.3, 0.4) is 0 Å². The Kier molecular flexibility index (Phi) is 8.63. The van der Waals surface area contributed by atoms with E-state index in [0.717, 1.165) is 59.6 Å². The summed E-state index contributed by atoms with van der Waals surface area (Å²) < 4.78 is 13.3. The van der Waals surface area contributed by atoms with Gasteiger partial charge < -0.3 is 14.5 Å². The summed E-state index contributed by atoms with van der Waals surface area (Å²) >= 11 is 6.26. The summed E-state index contributed by atoms with van der Waals surface area (Å²) in [5, 5.41) is 3.82. The zero-order valence-corrected chi connectivity index (χ0v) is 25.5. The molecule has 3 aromatic rings. The number of fused-ring (bicyclic) bond motifs is 1. The van der Waals surface area contributed by atoms with Crippen molar-refractivity contribution in [2.45, 2.75) is 53.5 Å². The first-order valence-corrected chi connectivity index (χ1v) is 14.8. The van der Waals surface area contributed by atoms with Crippen molar-refractivity contribution >= 4 is 73.6 Å². The minimum Gasteiger partial charge on any atom is -0.492 e. The molecule has 4 rings (SSSR count). The Labute approximate surface area is 238 Å². The molecule has 2 aromatic heterocycles. The highest BCUT2D eigenvalue weighted by Crippen LogP contribution is 2.45. The number of nitrogens with one attached hydrogen (secondary N) is 1. The summed E-state index contributed by atoms with van der Waals surface area (Å²) in [5.74, 6) is 2.15. The Bertz CT molecular complexity index is 1200. The van der Waals surface area contributed by atoms with Crippen molar-refractivity contribution in [3.63, 3.8) is 0 Å². The van der Waals surface area contributed by atoms with E-state index >= 15 is 0 Å². The summed E-state index contributed by atoms with van der Waals surface area (Å²) in [6.45, 7) is 9.90. The van der Waals surface area contributed by atoms with Gasteiger partial charge >= 0.3 is 0 Å². The van der Waals surface area contributed by atoms with Crippen LogP contribution in [0.25, 0.3) is 0 Å². The second-order valence-corrected chi connectivity index (χ2v) is 13.2. The fourth-order valence-corrected chi connectivity index (χ4v) is 7.77. The van der Waals surface area contributed by atoms with E-state index in [2.05, 4.69) is 83.4 Å². The van der Waals surface area contributed by atoms with E-state index in [9.17, 15) is 4.79 Å². The van der Waals surface area contributed by atoms with Crippen LogP contribution in [-0.4, -0.2) is 18.7 Å². The summed E-state index contributed by atoms with van der Waals surface area (Å²) in [6, 6.07) is 7.83. The van der Waals surface area contributed by atoms with Gasteiger partial charge in [-0.25, -0.2) is 4.99 Å². The standard InChI is InChI=1S/C27H30I2N2O3S/c1-5-33-24-20(28)11-16(12-21(24)29)14-31-26-23(25(32)30-15-18-7-6-10-34-18)19-9-8-17(27(2,3)4)13-22(19)35-26/h6-7,10-12,14,17H,5,8-9,13,15H2,1-4H3,(H,30,32)/t17-/m0/s1. The second kappa shape index (κ2) is 11.3. The molecular formula is C27H30I2N2O3S. The summed E-state index contributed by atoms with van der Waals surface area (Å²) in [4.78, 5) is 19.5. The lowest BCUT2D eigenvalue weighted by Crippen LogP contribution is -2.28. The number of amides is 1. The maximum Gasteiger partial charge on any atom is 0.255 e. The molecule has 0 aliphatic heterocycles. The van der Waals surface area contributed by atoms with Crippen molar-refractivity contribution in [1.82, 2.24) is 5.32 Å². The van der Waals surface area contributed by atoms with E-state index in [1.807, 2.05) is 25.3 Å². The summed E-state index contributed by atoms with van der Waals surface area (Å²) in [6.07, 6.45) is 6.48. The summed E-state index contributed by atoms with van der Waals surface area (Å²) in [5.41, 5.74) is 3.11. The first-order valence-electron chi connectivity index (χ1n) is 11.8. The topological polar surface area (TPSA) is 63.8 Å². The zero-order valence-electron chi connectivity index (χ0n) is 20.4. The number of rotatable bonds is 7. The normalized spacial score (nSPS) is 15.9. The Morgan fingerprint density at radius 1 is 1.31 bits per heavy atom. The van der Waals surface area contributed by atoms with E-state index in [1.165, 1.54) is 4.88 Å². The van der Waals surface area contributed by atoms with Crippen LogP contribution in [0.5, 0.6) is 5.75 Å². The van der Waals surface area contributed by atoms with Gasteiger partial charge in [-0.2, -0.15) is 0 Å². The van der Waals surface area contributed by atoms with Crippen LogP contribution in [0.2, 0.25) is 0 Å². The predicted molar refractivity (Wildman–Crippen MR) is 159 cm³/mol. The van der Waals surface area contributed by atoms with Crippen molar-refractivity contribution in [3.8, 4) is 5.75 Å². The van der Waals surface area contributed by atoms with Crippen LogP contribution in [0.4, 0.5) is 5.00 Å². The highest BCUT2D eigenvalue weighted by molar-refractivity contribution is 14.1. The third kappa shape index (κ3) is 6.30. The molecule has 1 aliphatic carbocycles. The quantitative estimate of drug-likeness (QED) is 0.201. The van der Waals surface area contributed by atoms with Crippen LogP contribution in [0, 0.1) is 18.5 Å². The molecule has 0 bridgehead atoms. The van der Waals surface area contributed by atoms with Crippen LogP contribution < -0.4 is 10.1 Å². The van der Waals surface area contributed by atoms with E-state index in [-0.39, 0.29) is 11.3 Å². The molecule has 0 radical (unpaired) electrons. The zero-order chi connectivity index (χ0) is 25.2. The van der Waals surface area contributed by atoms with Crippen LogP contribution in [-0.2, 0) is 19.4 Å². The number of hydrogen-bond acceptors (Lipinski definition) is 5. The van der Waals surface area contributed by atoms with Gasteiger partial charge in [0.1, 0.15) is 16.5 Å². The number of nitrogens with zero attached hydrogens (tertiary/aromatic N) is 1. The third-order valence-electron chi connectivity index (χ3n) is 6.34. The first kappa shape index (κ1) is 26.7. The van der Waals surface area contributed by atoms with Crippen molar-refractivity contribution < 1.29 is 13.9 Å². The van der Waals surface area contributed by atoms with Gasteiger partial charge in [0.25, 0.3) is 5.91 Å². The number of thiophene rings is 1. The fourth-order valence-electron chi connectivity index (χ4n) is 4.37. The number of halogens is 2. The highest BCUT2D eigenvalue weighted by atomic mass is 127. The molecule has 1 amide bonds. The molecule has 35 heavy (non-hydrogen) atoms. The number of aliphatic imine (C=N–C) groups is 1. The SMILES string of the molecule is CCOc1c(I)cc(C=Nc2sc3c(c2C(=O)NCc2ccco2)CC[C@H](C(C)(C)C)C3)cc1I. The molecule has 1 atom stereocenters. The van der Waals surface area contributed by atoms with Gasteiger partial charge in [0, 0.05) is 11.1 Å². The number of carbonyl (C=O) groups excluding carboxylic acids is 1. The molecule has 0 saturated heterocycles. The number of carbonyl (C=O) groups is 1. The maximum absolute atomic E-state index is 13.4. The number of furan rings is 1. The van der Waals surface area contributed by atoms with Gasteiger partial charge in [0.2, 0.25) is 0 Å². The van der Waals surface area contributed by atoms with E-state index in [0.29, 0.717) is 19.1 Å². The molecule has 0 unspecified atom stereocenters. The van der Waals surface area contributed by atoms with Gasteiger partial charge in [-0.3, -0.25) is 4.79 Å². The molecule has 8 heteroatoms. The van der Waals surface area contributed by atoms with Gasteiger partial charge in [-0.05, 0) is 118 Å². The molecule has 1 aromatic carbocycles. The summed E-state index contributed by atoms with van der Waals surface area (Å²) in [7, 11) is 0. The van der Waals surface area contributed by atoms with E-state index in [4.69, 9.17) is 14.1 Å². The maximum atomic E-state index is 13.4. The Morgan fingerprint density at radius 2 is 2.06 bits per heavy atom. The van der Waals surface area contributed by atoms with E-state index < -0.39 is 0 Å². The molecule has 0 saturated carbocycles. The molecule has 5 nitrogen and oxygen atoms in total. The van der Waals surface area contributed by atoms with Gasteiger partial charge in [-0.1, -0.05) is 20.8 Å². The molecule has 186 valence electrons. The Hall–Kier alpha value is -1.40. The lowest BCUT2D eigenvalue weighted by Gasteiger charge is -2.33. The Morgan fingerprint density at radius 3 is 2.69 bits per heavy atom. The minimum atomic E-state index is -0.0869. The highest BCUT2D eigenvalue weighted by Gasteiger charge is 2.33. The monoisotopic (exact) mass is 716 g/mol. The molecule has 1 aliphatic rings.